The predicted octanol–water partition coefficient (Wildman–Crippen LogP) is 2.47. The SMILES string of the molecule is CC(C)(C)c1nc(N)cc(NCCc2nccs2)n1. The number of anilines is 2. The fraction of sp³-hybridized carbons (Fsp3) is 0.462. The summed E-state index contributed by atoms with van der Waals surface area (Å²) in [6.07, 6.45) is 2.70. The van der Waals surface area contributed by atoms with Gasteiger partial charge in [0.15, 0.2) is 0 Å². The van der Waals surface area contributed by atoms with Crippen LogP contribution >= 0.6 is 11.3 Å². The Kier molecular flexibility index (Phi) is 3.99. The number of nitrogens with zero attached hydrogens (tertiary/aromatic N) is 3. The van der Waals surface area contributed by atoms with Gasteiger partial charge in [0, 0.05) is 36.0 Å². The smallest absolute Gasteiger partial charge is 0.138 e. The summed E-state index contributed by atoms with van der Waals surface area (Å²) in [5, 5.41) is 6.37. The van der Waals surface area contributed by atoms with Crippen LogP contribution < -0.4 is 11.1 Å². The minimum Gasteiger partial charge on any atom is -0.384 e. The molecule has 0 aliphatic carbocycles. The molecule has 0 unspecified atom stereocenters. The van der Waals surface area contributed by atoms with Crippen LogP contribution in [0.5, 0.6) is 0 Å². The second-order valence-electron chi connectivity index (χ2n) is 5.35. The number of thiazole rings is 1. The molecule has 0 radical (unpaired) electrons. The molecule has 0 saturated heterocycles. The number of hydrogen-bond acceptors (Lipinski definition) is 6. The molecule has 0 fully saturated rings. The van der Waals surface area contributed by atoms with Crippen molar-refractivity contribution in [2.24, 2.45) is 0 Å². The van der Waals surface area contributed by atoms with Gasteiger partial charge in [-0.15, -0.1) is 11.3 Å². The van der Waals surface area contributed by atoms with Gasteiger partial charge in [0.1, 0.15) is 17.5 Å². The summed E-state index contributed by atoms with van der Waals surface area (Å²) in [7, 11) is 0. The van der Waals surface area contributed by atoms with E-state index < -0.39 is 0 Å². The van der Waals surface area contributed by atoms with Crippen molar-refractivity contribution in [1.29, 1.82) is 0 Å². The molecular weight excluding hydrogens is 258 g/mol. The van der Waals surface area contributed by atoms with Crippen LogP contribution in [0, 0.1) is 0 Å². The van der Waals surface area contributed by atoms with Gasteiger partial charge >= 0.3 is 0 Å². The van der Waals surface area contributed by atoms with E-state index >= 15 is 0 Å². The Balaban J connectivity index is 2.02. The quantitative estimate of drug-likeness (QED) is 0.897. The van der Waals surface area contributed by atoms with E-state index in [1.807, 2.05) is 11.6 Å². The first-order valence-electron chi connectivity index (χ1n) is 6.22. The summed E-state index contributed by atoms with van der Waals surface area (Å²) < 4.78 is 0. The highest BCUT2D eigenvalue weighted by Crippen LogP contribution is 2.21. The van der Waals surface area contributed by atoms with Crippen LogP contribution in [0.3, 0.4) is 0 Å². The minimum atomic E-state index is -0.110. The highest BCUT2D eigenvalue weighted by molar-refractivity contribution is 7.09. The third kappa shape index (κ3) is 3.89. The molecule has 0 atom stereocenters. The second-order valence-corrected chi connectivity index (χ2v) is 6.33. The zero-order chi connectivity index (χ0) is 13.9. The number of nitrogen functional groups attached to an aromatic ring is 1. The lowest BCUT2D eigenvalue weighted by Gasteiger charge is -2.18. The predicted molar refractivity (Wildman–Crippen MR) is 79.5 cm³/mol. The van der Waals surface area contributed by atoms with Gasteiger partial charge in [0.05, 0.1) is 5.01 Å². The van der Waals surface area contributed by atoms with E-state index in [9.17, 15) is 0 Å². The van der Waals surface area contributed by atoms with Crippen LogP contribution in [0.2, 0.25) is 0 Å². The molecule has 0 aliphatic rings. The first-order valence-corrected chi connectivity index (χ1v) is 7.10. The van der Waals surface area contributed by atoms with Crippen LogP contribution in [0.1, 0.15) is 31.6 Å². The number of aromatic nitrogens is 3. The van der Waals surface area contributed by atoms with Gasteiger partial charge in [-0.1, -0.05) is 20.8 Å². The average Bonchev–Trinajstić information content (AvgIpc) is 2.80. The molecule has 0 aromatic carbocycles. The summed E-state index contributed by atoms with van der Waals surface area (Å²) in [6.45, 7) is 7.00. The first kappa shape index (κ1) is 13.7. The van der Waals surface area contributed by atoms with E-state index in [1.54, 1.807) is 17.4 Å². The summed E-state index contributed by atoms with van der Waals surface area (Å²) in [5.41, 5.74) is 5.71. The minimum absolute atomic E-state index is 0.110. The normalized spacial score (nSPS) is 11.5. The van der Waals surface area contributed by atoms with Crippen LogP contribution in [0.25, 0.3) is 0 Å². The van der Waals surface area contributed by atoms with Gasteiger partial charge in [0.25, 0.3) is 0 Å². The maximum absolute atomic E-state index is 5.82. The maximum Gasteiger partial charge on any atom is 0.138 e. The van der Waals surface area contributed by atoms with Crippen molar-refractivity contribution in [3.8, 4) is 0 Å². The molecule has 6 heteroatoms. The zero-order valence-electron chi connectivity index (χ0n) is 11.5. The molecule has 19 heavy (non-hydrogen) atoms. The summed E-state index contributed by atoms with van der Waals surface area (Å²) >= 11 is 1.66. The molecule has 0 saturated carbocycles. The Hall–Kier alpha value is -1.69. The Morgan fingerprint density at radius 1 is 1.32 bits per heavy atom. The van der Waals surface area contributed by atoms with Gasteiger partial charge in [-0.25, -0.2) is 15.0 Å². The molecule has 102 valence electrons. The molecule has 2 heterocycles. The van der Waals surface area contributed by atoms with Gasteiger partial charge in [-0.3, -0.25) is 0 Å². The van der Waals surface area contributed by atoms with E-state index in [-0.39, 0.29) is 5.41 Å². The Morgan fingerprint density at radius 2 is 2.11 bits per heavy atom. The number of rotatable bonds is 4. The molecule has 0 aliphatic heterocycles. The Labute approximate surface area is 117 Å². The van der Waals surface area contributed by atoms with Crippen molar-refractivity contribution >= 4 is 23.0 Å². The molecular formula is C13H19N5S. The van der Waals surface area contributed by atoms with Crippen molar-refractivity contribution in [3.63, 3.8) is 0 Å². The van der Waals surface area contributed by atoms with E-state index in [0.717, 1.165) is 29.6 Å². The van der Waals surface area contributed by atoms with Crippen LogP contribution in [0.4, 0.5) is 11.6 Å². The summed E-state index contributed by atoms with van der Waals surface area (Å²) in [5.74, 6) is 2.02. The van der Waals surface area contributed by atoms with Crippen LogP contribution in [-0.4, -0.2) is 21.5 Å². The van der Waals surface area contributed by atoms with E-state index in [0.29, 0.717) is 5.82 Å². The third-order valence-electron chi connectivity index (χ3n) is 2.55. The molecule has 3 N–H and O–H groups in total. The van der Waals surface area contributed by atoms with Gasteiger partial charge in [-0.2, -0.15) is 0 Å². The van der Waals surface area contributed by atoms with E-state index in [2.05, 4.69) is 41.0 Å². The lowest BCUT2D eigenvalue weighted by molar-refractivity contribution is 0.547. The van der Waals surface area contributed by atoms with Crippen LogP contribution in [-0.2, 0) is 11.8 Å². The molecule has 0 bridgehead atoms. The third-order valence-corrected chi connectivity index (χ3v) is 3.38. The molecule has 2 aromatic rings. The topological polar surface area (TPSA) is 76.7 Å². The van der Waals surface area contributed by atoms with Crippen molar-refractivity contribution in [2.45, 2.75) is 32.6 Å². The average molecular weight is 277 g/mol. The van der Waals surface area contributed by atoms with Crippen molar-refractivity contribution in [3.05, 3.63) is 28.5 Å². The zero-order valence-corrected chi connectivity index (χ0v) is 12.3. The highest BCUT2D eigenvalue weighted by Gasteiger charge is 2.18. The number of hydrogen-bond donors (Lipinski definition) is 2. The Morgan fingerprint density at radius 3 is 2.74 bits per heavy atom. The Bertz CT molecular complexity index is 530. The van der Waals surface area contributed by atoms with Crippen molar-refractivity contribution in [1.82, 2.24) is 15.0 Å². The van der Waals surface area contributed by atoms with Crippen molar-refractivity contribution < 1.29 is 0 Å². The van der Waals surface area contributed by atoms with E-state index in [4.69, 9.17) is 5.73 Å². The lowest BCUT2D eigenvalue weighted by atomic mass is 9.96. The molecule has 2 rings (SSSR count). The van der Waals surface area contributed by atoms with Crippen LogP contribution in [0.15, 0.2) is 17.6 Å². The first-order chi connectivity index (χ1) is 8.95. The molecule has 5 nitrogen and oxygen atoms in total. The summed E-state index contributed by atoms with van der Waals surface area (Å²) in [6, 6.07) is 1.76. The fourth-order valence-corrected chi connectivity index (χ4v) is 2.19. The van der Waals surface area contributed by atoms with Gasteiger partial charge in [-0.05, 0) is 0 Å². The van der Waals surface area contributed by atoms with E-state index in [1.165, 1.54) is 0 Å². The van der Waals surface area contributed by atoms with Gasteiger partial charge in [0.2, 0.25) is 0 Å². The monoisotopic (exact) mass is 277 g/mol. The maximum atomic E-state index is 5.82. The molecule has 0 spiro atoms. The summed E-state index contributed by atoms with van der Waals surface area (Å²) in [4.78, 5) is 13.0. The standard InChI is InChI=1S/C13H19N5S/c1-13(2,3)12-17-9(14)8-10(18-12)15-5-4-11-16-6-7-19-11/h6-8H,4-5H2,1-3H3,(H3,14,15,17,18). The second kappa shape index (κ2) is 5.52. The molecule has 0 amide bonds. The van der Waals surface area contributed by atoms with Crippen molar-refractivity contribution in [2.75, 3.05) is 17.6 Å². The molecule has 2 aromatic heterocycles. The number of nitrogens with one attached hydrogen (secondary N) is 1. The lowest BCUT2D eigenvalue weighted by Crippen LogP contribution is -2.18. The highest BCUT2D eigenvalue weighted by atomic mass is 32.1. The largest absolute Gasteiger partial charge is 0.384 e. The number of nitrogens with two attached hydrogens (primary N) is 1. The van der Waals surface area contributed by atoms with Gasteiger partial charge < -0.3 is 11.1 Å². The fourth-order valence-electron chi connectivity index (χ4n) is 1.57.